The van der Waals surface area contributed by atoms with E-state index in [1.54, 1.807) is 29.9 Å². The van der Waals surface area contributed by atoms with E-state index in [1.807, 2.05) is 19.1 Å². The van der Waals surface area contributed by atoms with Crippen LogP contribution >= 0.6 is 11.8 Å². The quantitative estimate of drug-likeness (QED) is 0.449. The summed E-state index contributed by atoms with van der Waals surface area (Å²) in [6.45, 7) is 6.25. The van der Waals surface area contributed by atoms with E-state index in [4.69, 9.17) is 4.74 Å². The molecule has 0 aliphatic heterocycles. The van der Waals surface area contributed by atoms with Crippen molar-refractivity contribution in [2.75, 3.05) is 26.0 Å². The van der Waals surface area contributed by atoms with Gasteiger partial charge in [0.25, 0.3) is 5.56 Å². The summed E-state index contributed by atoms with van der Waals surface area (Å²) in [5, 5.41) is 3.78. The Labute approximate surface area is 144 Å². The highest BCUT2D eigenvalue weighted by molar-refractivity contribution is 7.99. The van der Waals surface area contributed by atoms with Crippen LogP contribution in [0.4, 0.5) is 0 Å². The summed E-state index contributed by atoms with van der Waals surface area (Å²) in [6.07, 6.45) is 1.62. The molecule has 2 aromatic rings. The Morgan fingerprint density at radius 1 is 1.50 bits per heavy atom. The predicted molar refractivity (Wildman–Crippen MR) is 96.5 cm³/mol. The normalized spacial score (nSPS) is 12.1. The number of carbonyl (C=O) groups excluding carboxylic acids is 1. The van der Waals surface area contributed by atoms with E-state index >= 15 is 0 Å². The van der Waals surface area contributed by atoms with Gasteiger partial charge in [-0.1, -0.05) is 30.0 Å². The molecule has 1 heterocycles. The van der Waals surface area contributed by atoms with Gasteiger partial charge < -0.3 is 10.1 Å². The average Bonchev–Trinajstić information content (AvgIpc) is 2.58. The second-order valence-corrected chi connectivity index (χ2v) is 6.21. The summed E-state index contributed by atoms with van der Waals surface area (Å²) in [7, 11) is 1.59. The molecule has 0 saturated carbocycles. The van der Waals surface area contributed by atoms with Gasteiger partial charge in [0.2, 0.25) is 5.91 Å². The van der Waals surface area contributed by atoms with Gasteiger partial charge in [0.05, 0.1) is 29.3 Å². The number of nitrogens with zero attached hydrogens (tertiary/aromatic N) is 2. The smallest absolute Gasteiger partial charge is 0.262 e. The Morgan fingerprint density at radius 2 is 2.25 bits per heavy atom. The van der Waals surface area contributed by atoms with E-state index in [9.17, 15) is 9.59 Å². The summed E-state index contributed by atoms with van der Waals surface area (Å²) in [5.74, 6) is 0.0476. The highest BCUT2D eigenvalue weighted by Crippen LogP contribution is 2.21. The lowest BCUT2D eigenvalue weighted by Gasteiger charge is -2.18. The van der Waals surface area contributed by atoms with Crippen molar-refractivity contribution >= 4 is 28.6 Å². The van der Waals surface area contributed by atoms with E-state index in [2.05, 4.69) is 16.9 Å². The number of aromatic nitrogens is 2. The molecule has 1 aromatic heterocycles. The topological polar surface area (TPSA) is 73.2 Å². The second kappa shape index (κ2) is 8.65. The van der Waals surface area contributed by atoms with Gasteiger partial charge in [-0.3, -0.25) is 14.2 Å². The monoisotopic (exact) mass is 347 g/mol. The van der Waals surface area contributed by atoms with Crippen molar-refractivity contribution in [3.05, 3.63) is 47.3 Å². The summed E-state index contributed by atoms with van der Waals surface area (Å²) < 4.78 is 6.77. The Morgan fingerprint density at radius 3 is 2.96 bits per heavy atom. The maximum absolute atomic E-state index is 12.8. The van der Waals surface area contributed by atoms with E-state index in [0.717, 1.165) is 0 Å². The van der Waals surface area contributed by atoms with Crippen molar-refractivity contribution < 1.29 is 9.53 Å². The minimum absolute atomic E-state index is 0.126. The highest BCUT2D eigenvalue weighted by atomic mass is 32.2. The Kier molecular flexibility index (Phi) is 6.57. The molecule has 0 aliphatic rings. The number of nitrogens with one attached hydrogen (secondary N) is 1. The molecular formula is C17H21N3O3S. The van der Waals surface area contributed by atoms with E-state index in [-0.39, 0.29) is 23.3 Å². The number of amides is 1. The number of para-hydroxylation sites is 1. The lowest BCUT2D eigenvalue weighted by molar-refractivity contribution is -0.118. The van der Waals surface area contributed by atoms with Crippen LogP contribution in [0.25, 0.3) is 10.9 Å². The first-order valence-corrected chi connectivity index (χ1v) is 8.57. The maximum Gasteiger partial charge on any atom is 0.262 e. The fraction of sp³-hybridized carbons (Fsp3) is 0.353. The molecule has 0 radical (unpaired) electrons. The van der Waals surface area contributed by atoms with Crippen LogP contribution in [0.2, 0.25) is 0 Å². The molecule has 24 heavy (non-hydrogen) atoms. The first-order chi connectivity index (χ1) is 11.6. The van der Waals surface area contributed by atoms with Crippen molar-refractivity contribution in [3.63, 3.8) is 0 Å². The zero-order valence-corrected chi connectivity index (χ0v) is 14.6. The van der Waals surface area contributed by atoms with Crippen LogP contribution in [-0.2, 0) is 9.53 Å². The molecule has 1 unspecified atom stereocenters. The molecule has 0 aliphatic carbocycles. The number of rotatable bonds is 8. The molecule has 1 N–H and O–H groups in total. The lowest BCUT2D eigenvalue weighted by Crippen LogP contribution is -2.30. The number of hydrogen-bond acceptors (Lipinski definition) is 5. The van der Waals surface area contributed by atoms with E-state index < -0.39 is 0 Å². The molecule has 0 bridgehead atoms. The SMILES string of the molecule is C=CCNC(=O)CSc1nc2ccccc2c(=O)n1C(C)COC. The summed E-state index contributed by atoms with van der Waals surface area (Å²) in [4.78, 5) is 29.2. The van der Waals surface area contributed by atoms with Crippen molar-refractivity contribution in [3.8, 4) is 0 Å². The zero-order chi connectivity index (χ0) is 17.5. The number of thioether (sulfide) groups is 1. The molecule has 128 valence electrons. The fourth-order valence-electron chi connectivity index (χ4n) is 2.30. The average molecular weight is 347 g/mol. The van der Waals surface area contributed by atoms with Gasteiger partial charge in [0.1, 0.15) is 0 Å². The third-order valence-corrected chi connectivity index (χ3v) is 4.35. The molecule has 0 spiro atoms. The van der Waals surface area contributed by atoms with Gasteiger partial charge in [-0.15, -0.1) is 6.58 Å². The Hall–Kier alpha value is -2.12. The van der Waals surface area contributed by atoms with E-state index in [0.29, 0.717) is 29.2 Å². The second-order valence-electron chi connectivity index (χ2n) is 5.27. The van der Waals surface area contributed by atoms with Crippen LogP contribution in [0.15, 0.2) is 46.9 Å². The molecule has 6 nitrogen and oxygen atoms in total. The standard InChI is InChI=1S/C17H21N3O3S/c1-4-9-18-15(21)11-24-17-19-14-8-6-5-7-13(14)16(22)20(17)12(2)10-23-3/h4-8,12H,1,9-11H2,2-3H3,(H,18,21). The molecule has 1 aromatic carbocycles. The van der Waals surface area contributed by atoms with Gasteiger partial charge in [0.15, 0.2) is 5.16 Å². The van der Waals surface area contributed by atoms with Gasteiger partial charge in [-0.25, -0.2) is 4.98 Å². The molecule has 1 atom stereocenters. The summed E-state index contributed by atoms with van der Waals surface area (Å²) in [5.41, 5.74) is 0.497. The summed E-state index contributed by atoms with van der Waals surface area (Å²) >= 11 is 1.24. The first kappa shape index (κ1) is 18.2. The van der Waals surface area contributed by atoms with Crippen molar-refractivity contribution in [2.45, 2.75) is 18.1 Å². The molecule has 2 rings (SSSR count). The van der Waals surface area contributed by atoms with Gasteiger partial charge in [-0.05, 0) is 19.1 Å². The Bertz CT molecular complexity index is 788. The van der Waals surface area contributed by atoms with Crippen molar-refractivity contribution in [1.29, 1.82) is 0 Å². The fourth-order valence-corrected chi connectivity index (χ4v) is 3.23. The predicted octanol–water partition coefficient (Wildman–Crippen LogP) is 2.00. The van der Waals surface area contributed by atoms with Crippen molar-refractivity contribution in [1.82, 2.24) is 14.9 Å². The first-order valence-electron chi connectivity index (χ1n) is 7.59. The third-order valence-electron chi connectivity index (χ3n) is 3.40. The minimum Gasteiger partial charge on any atom is -0.383 e. The number of ether oxygens (including phenoxy) is 1. The van der Waals surface area contributed by atoms with Gasteiger partial charge in [-0.2, -0.15) is 0 Å². The molecule has 1 amide bonds. The van der Waals surface area contributed by atoms with E-state index in [1.165, 1.54) is 11.8 Å². The number of benzene rings is 1. The highest BCUT2D eigenvalue weighted by Gasteiger charge is 2.17. The third kappa shape index (κ3) is 4.24. The summed E-state index contributed by atoms with van der Waals surface area (Å²) in [6, 6.07) is 7.02. The number of carbonyl (C=O) groups is 1. The number of fused-ring (bicyclic) bond motifs is 1. The van der Waals surface area contributed by atoms with Crippen molar-refractivity contribution in [2.24, 2.45) is 0 Å². The van der Waals surface area contributed by atoms with Gasteiger partial charge >= 0.3 is 0 Å². The molecule has 7 heteroatoms. The maximum atomic E-state index is 12.8. The lowest BCUT2D eigenvalue weighted by atomic mass is 10.2. The number of methoxy groups -OCH3 is 1. The van der Waals surface area contributed by atoms with Crippen LogP contribution in [0.3, 0.4) is 0 Å². The minimum atomic E-state index is -0.182. The van der Waals surface area contributed by atoms with Crippen LogP contribution in [0, 0.1) is 0 Å². The molecule has 0 saturated heterocycles. The molecular weight excluding hydrogens is 326 g/mol. The van der Waals surface area contributed by atoms with Crippen LogP contribution in [-0.4, -0.2) is 41.5 Å². The van der Waals surface area contributed by atoms with Crippen LogP contribution in [0.5, 0.6) is 0 Å². The largest absolute Gasteiger partial charge is 0.383 e. The Balaban J connectivity index is 2.38. The zero-order valence-electron chi connectivity index (χ0n) is 13.8. The van der Waals surface area contributed by atoms with Crippen LogP contribution in [0.1, 0.15) is 13.0 Å². The number of hydrogen-bond donors (Lipinski definition) is 1. The van der Waals surface area contributed by atoms with Crippen LogP contribution < -0.4 is 10.9 Å². The van der Waals surface area contributed by atoms with Gasteiger partial charge in [0, 0.05) is 13.7 Å². The molecule has 0 fully saturated rings.